The summed E-state index contributed by atoms with van der Waals surface area (Å²) in [5, 5.41) is 14.2. The van der Waals surface area contributed by atoms with Crippen LogP contribution in [0.5, 0.6) is 0 Å². The third-order valence-corrected chi connectivity index (χ3v) is 3.40. The van der Waals surface area contributed by atoms with Crippen molar-refractivity contribution in [3.05, 3.63) is 35.9 Å². The Morgan fingerprint density at radius 1 is 1.10 bits per heavy atom. The van der Waals surface area contributed by atoms with Crippen molar-refractivity contribution in [2.45, 2.75) is 24.9 Å². The van der Waals surface area contributed by atoms with Crippen LogP contribution < -0.4 is 10.6 Å². The molecule has 0 aromatic heterocycles. The first kappa shape index (κ1) is 15.5. The van der Waals surface area contributed by atoms with E-state index >= 15 is 0 Å². The number of carbonyl (C=O) groups excluding carboxylic acids is 2. The summed E-state index contributed by atoms with van der Waals surface area (Å²) >= 11 is 0. The highest BCUT2D eigenvalue weighted by Crippen LogP contribution is 2.07. The molecule has 1 aromatic rings. The number of hydrogen-bond donors (Lipinski definition) is 3. The molecule has 1 saturated heterocycles. The second-order valence-corrected chi connectivity index (χ2v) is 5.03. The van der Waals surface area contributed by atoms with Gasteiger partial charge in [-0.2, -0.15) is 0 Å². The van der Waals surface area contributed by atoms with Gasteiger partial charge in [0.25, 0.3) is 0 Å². The van der Waals surface area contributed by atoms with E-state index in [4.69, 9.17) is 9.84 Å². The largest absolute Gasteiger partial charge is 0.387 e. The van der Waals surface area contributed by atoms with E-state index in [-0.39, 0.29) is 18.0 Å². The molecule has 0 bridgehead atoms. The standard InChI is InChI=1S/C15H20N2O4/c18-8-15(20)17-13-10-21-9-12(13)16-14(19)7-6-11-4-2-1-3-5-11/h1-5,12-13,18H,6-10H2,(H,16,19)(H,17,20)/t12-,13+/m0/s1. The van der Waals surface area contributed by atoms with Crippen molar-refractivity contribution in [3.63, 3.8) is 0 Å². The third kappa shape index (κ3) is 4.84. The van der Waals surface area contributed by atoms with Crippen LogP contribution in [-0.4, -0.2) is 48.8 Å². The number of aliphatic hydroxyl groups excluding tert-OH is 1. The number of rotatable bonds is 6. The zero-order valence-corrected chi connectivity index (χ0v) is 11.7. The topological polar surface area (TPSA) is 87.7 Å². The van der Waals surface area contributed by atoms with Crippen LogP contribution >= 0.6 is 0 Å². The van der Waals surface area contributed by atoms with E-state index in [1.165, 1.54) is 0 Å². The number of benzene rings is 1. The lowest BCUT2D eigenvalue weighted by atomic mass is 10.1. The first-order valence-corrected chi connectivity index (χ1v) is 7.00. The van der Waals surface area contributed by atoms with Crippen LogP contribution in [0, 0.1) is 0 Å². The summed E-state index contributed by atoms with van der Waals surface area (Å²) in [5.74, 6) is -0.536. The van der Waals surface area contributed by atoms with Gasteiger partial charge >= 0.3 is 0 Å². The van der Waals surface area contributed by atoms with Crippen molar-refractivity contribution >= 4 is 11.8 Å². The van der Waals surface area contributed by atoms with Gasteiger partial charge in [0.1, 0.15) is 6.61 Å². The molecule has 114 valence electrons. The summed E-state index contributed by atoms with van der Waals surface area (Å²) < 4.78 is 5.27. The minimum Gasteiger partial charge on any atom is -0.387 e. The summed E-state index contributed by atoms with van der Waals surface area (Å²) in [7, 11) is 0. The van der Waals surface area contributed by atoms with Crippen molar-refractivity contribution in [2.75, 3.05) is 19.8 Å². The Bertz CT molecular complexity index is 478. The van der Waals surface area contributed by atoms with Gasteiger partial charge in [0, 0.05) is 6.42 Å². The molecule has 0 aliphatic carbocycles. The van der Waals surface area contributed by atoms with Crippen LogP contribution in [0.15, 0.2) is 30.3 Å². The van der Waals surface area contributed by atoms with E-state index in [0.29, 0.717) is 26.1 Å². The van der Waals surface area contributed by atoms with Crippen molar-refractivity contribution in [3.8, 4) is 0 Å². The van der Waals surface area contributed by atoms with Gasteiger partial charge in [-0.1, -0.05) is 30.3 Å². The van der Waals surface area contributed by atoms with Crippen molar-refractivity contribution in [1.29, 1.82) is 0 Å². The minimum atomic E-state index is -0.564. The van der Waals surface area contributed by atoms with Gasteiger partial charge in [-0.25, -0.2) is 0 Å². The van der Waals surface area contributed by atoms with Crippen molar-refractivity contribution in [1.82, 2.24) is 10.6 Å². The van der Waals surface area contributed by atoms with E-state index in [9.17, 15) is 9.59 Å². The summed E-state index contributed by atoms with van der Waals surface area (Å²) in [6.45, 7) is 0.147. The van der Waals surface area contributed by atoms with Crippen LogP contribution in [0.4, 0.5) is 0 Å². The second kappa shape index (κ2) is 7.75. The lowest BCUT2D eigenvalue weighted by Gasteiger charge is -2.20. The van der Waals surface area contributed by atoms with Gasteiger partial charge in [-0.3, -0.25) is 9.59 Å². The zero-order valence-electron chi connectivity index (χ0n) is 11.7. The average Bonchev–Trinajstić information content (AvgIpc) is 2.93. The lowest BCUT2D eigenvalue weighted by molar-refractivity contribution is -0.125. The fraction of sp³-hybridized carbons (Fsp3) is 0.467. The molecule has 1 aromatic carbocycles. The van der Waals surface area contributed by atoms with Gasteiger partial charge in [0.05, 0.1) is 25.3 Å². The molecule has 1 heterocycles. The smallest absolute Gasteiger partial charge is 0.246 e. The first-order chi connectivity index (χ1) is 10.2. The number of aryl methyl sites for hydroxylation is 1. The zero-order chi connectivity index (χ0) is 15.1. The molecule has 21 heavy (non-hydrogen) atoms. The van der Waals surface area contributed by atoms with Crippen molar-refractivity contribution < 1.29 is 19.4 Å². The number of ether oxygens (including phenoxy) is 1. The Morgan fingerprint density at radius 2 is 1.71 bits per heavy atom. The Kier molecular flexibility index (Phi) is 5.71. The van der Waals surface area contributed by atoms with E-state index in [2.05, 4.69) is 10.6 Å². The Morgan fingerprint density at radius 3 is 2.33 bits per heavy atom. The van der Waals surface area contributed by atoms with Crippen LogP contribution in [0.3, 0.4) is 0 Å². The monoisotopic (exact) mass is 292 g/mol. The van der Waals surface area contributed by atoms with Crippen LogP contribution in [0.1, 0.15) is 12.0 Å². The highest BCUT2D eigenvalue weighted by atomic mass is 16.5. The molecule has 2 amide bonds. The Balaban J connectivity index is 1.77. The summed E-state index contributed by atoms with van der Waals surface area (Å²) in [6, 6.07) is 9.26. The van der Waals surface area contributed by atoms with Gasteiger partial charge < -0.3 is 20.5 Å². The van der Waals surface area contributed by atoms with Gasteiger partial charge in [-0.05, 0) is 12.0 Å². The maximum atomic E-state index is 11.9. The Hall–Kier alpha value is -1.92. The molecule has 2 rings (SSSR count). The number of amides is 2. The fourth-order valence-corrected chi connectivity index (χ4v) is 2.27. The highest BCUT2D eigenvalue weighted by molar-refractivity contribution is 5.78. The van der Waals surface area contributed by atoms with Crippen LogP contribution in [0.25, 0.3) is 0 Å². The van der Waals surface area contributed by atoms with Crippen molar-refractivity contribution in [2.24, 2.45) is 0 Å². The SMILES string of the molecule is O=C(CCc1ccccc1)N[C@H]1COC[C@H]1NC(=O)CO. The molecule has 3 N–H and O–H groups in total. The maximum absolute atomic E-state index is 11.9. The quantitative estimate of drug-likeness (QED) is 0.666. The molecule has 2 atom stereocenters. The molecule has 0 saturated carbocycles. The van der Waals surface area contributed by atoms with Gasteiger partial charge in [0.2, 0.25) is 11.8 Å². The molecular formula is C15H20N2O4. The molecule has 0 unspecified atom stereocenters. The average molecular weight is 292 g/mol. The number of nitrogens with one attached hydrogen (secondary N) is 2. The third-order valence-electron chi connectivity index (χ3n) is 3.40. The van der Waals surface area contributed by atoms with Gasteiger partial charge in [-0.15, -0.1) is 0 Å². The van der Waals surface area contributed by atoms with E-state index < -0.39 is 12.5 Å². The summed E-state index contributed by atoms with van der Waals surface area (Å²) in [5.41, 5.74) is 1.11. The molecular weight excluding hydrogens is 272 g/mol. The van der Waals surface area contributed by atoms with E-state index in [1.54, 1.807) is 0 Å². The molecule has 1 aliphatic heterocycles. The first-order valence-electron chi connectivity index (χ1n) is 7.00. The predicted molar refractivity (Wildman–Crippen MR) is 76.5 cm³/mol. The summed E-state index contributed by atoms with van der Waals surface area (Å²) in [4.78, 5) is 23.1. The number of hydrogen-bond acceptors (Lipinski definition) is 4. The lowest BCUT2D eigenvalue weighted by Crippen LogP contribution is -2.51. The minimum absolute atomic E-state index is 0.0717. The summed E-state index contributed by atoms with van der Waals surface area (Å²) in [6.07, 6.45) is 1.06. The maximum Gasteiger partial charge on any atom is 0.246 e. The molecule has 0 spiro atoms. The van der Waals surface area contributed by atoms with Gasteiger partial charge in [0.15, 0.2) is 0 Å². The fourth-order valence-electron chi connectivity index (χ4n) is 2.27. The van der Waals surface area contributed by atoms with Crippen LogP contribution in [0.2, 0.25) is 0 Å². The Labute approximate surface area is 123 Å². The molecule has 1 fully saturated rings. The molecule has 6 heteroatoms. The molecule has 1 aliphatic rings. The molecule has 0 radical (unpaired) electrons. The number of carbonyl (C=O) groups is 2. The predicted octanol–water partition coefficient (Wildman–Crippen LogP) is -0.389. The number of aliphatic hydroxyl groups is 1. The second-order valence-electron chi connectivity index (χ2n) is 5.03. The normalized spacial score (nSPS) is 21.0. The van der Waals surface area contributed by atoms with E-state index in [0.717, 1.165) is 5.56 Å². The highest BCUT2D eigenvalue weighted by Gasteiger charge is 2.30. The van der Waals surface area contributed by atoms with Crippen LogP contribution in [-0.2, 0) is 20.7 Å². The van der Waals surface area contributed by atoms with E-state index in [1.807, 2.05) is 30.3 Å². The molecule has 6 nitrogen and oxygen atoms in total.